The number of rotatable bonds is 7. The number of nitrogens with one attached hydrogen (secondary N) is 2. The number of hydrogen-bond donors (Lipinski definition) is 2. The molecule has 0 bridgehead atoms. The number of nitrogens with zero attached hydrogens (tertiary/aromatic N) is 2. The normalized spacial score (nSPS) is 11.2. The summed E-state index contributed by atoms with van der Waals surface area (Å²) in [4.78, 5) is 4.14. The van der Waals surface area contributed by atoms with Crippen LogP contribution < -0.4 is 15.4 Å². The van der Waals surface area contributed by atoms with Gasteiger partial charge in [0.05, 0.1) is 6.54 Å². The van der Waals surface area contributed by atoms with Crippen LogP contribution in [-0.2, 0) is 13.1 Å². The van der Waals surface area contributed by atoms with Gasteiger partial charge >= 0.3 is 6.61 Å². The Hall–Kier alpha value is -2.69. The molecule has 0 amide bonds. The highest BCUT2D eigenvalue weighted by molar-refractivity contribution is 14.0. The number of alkyl halides is 2. The van der Waals surface area contributed by atoms with Gasteiger partial charge in [0.2, 0.25) is 0 Å². The summed E-state index contributed by atoms with van der Waals surface area (Å²) in [5.41, 5.74) is 3.22. The molecule has 0 aliphatic heterocycles. The Balaban J connectivity index is 0.00000320. The average molecular weight is 528 g/mol. The Morgan fingerprint density at radius 3 is 2.53 bits per heavy atom. The van der Waals surface area contributed by atoms with Crippen LogP contribution in [0.1, 0.15) is 16.8 Å². The Morgan fingerprint density at radius 2 is 1.83 bits per heavy atom. The molecule has 2 N–H and O–H groups in total. The fourth-order valence-electron chi connectivity index (χ4n) is 2.76. The van der Waals surface area contributed by atoms with E-state index in [1.54, 1.807) is 19.2 Å². The van der Waals surface area contributed by atoms with Crippen LogP contribution in [0.3, 0.4) is 0 Å². The minimum atomic E-state index is -2.88. The average Bonchev–Trinajstić information content (AvgIpc) is 3.19. The standard InChI is InChI=1S/C21H22F2N4O2.HI/c1-14-8-9-18(28-20(22)23)16(10-14)12-25-21(24-2)26-13-17-11-19(29-27-17)15-6-4-3-5-7-15;/h3-11,20H,12-13H2,1-2H3,(H2,24,25,26);1H. The lowest BCUT2D eigenvalue weighted by Gasteiger charge is -2.14. The molecule has 0 unspecified atom stereocenters. The number of aliphatic imine (C=N–C) groups is 1. The van der Waals surface area contributed by atoms with E-state index in [9.17, 15) is 8.78 Å². The van der Waals surface area contributed by atoms with E-state index in [2.05, 4.69) is 25.5 Å². The van der Waals surface area contributed by atoms with Crippen LogP contribution in [0.2, 0.25) is 0 Å². The largest absolute Gasteiger partial charge is 0.434 e. The van der Waals surface area contributed by atoms with E-state index in [0.717, 1.165) is 11.1 Å². The zero-order valence-corrected chi connectivity index (χ0v) is 18.9. The first kappa shape index (κ1) is 23.6. The van der Waals surface area contributed by atoms with Crippen LogP contribution in [0.15, 0.2) is 64.1 Å². The highest BCUT2D eigenvalue weighted by Gasteiger charge is 2.11. The third kappa shape index (κ3) is 6.68. The molecule has 9 heteroatoms. The number of ether oxygens (including phenoxy) is 1. The minimum absolute atomic E-state index is 0. The van der Waals surface area contributed by atoms with Gasteiger partial charge in [-0.15, -0.1) is 24.0 Å². The van der Waals surface area contributed by atoms with Crippen molar-refractivity contribution >= 4 is 29.9 Å². The number of benzene rings is 2. The first-order valence-corrected chi connectivity index (χ1v) is 9.05. The second kappa shape index (κ2) is 11.5. The monoisotopic (exact) mass is 528 g/mol. The molecule has 0 fully saturated rings. The number of aryl methyl sites for hydroxylation is 1. The molecular weight excluding hydrogens is 505 g/mol. The summed E-state index contributed by atoms with van der Waals surface area (Å²) in [5.74, 6) is 1.32. The molecular formula is C21H23F2IN4O2. The van der Waals surface area contributed by atoms with E-state index in [1.165, 1.54) is 6.07 Å². The molecule has 0 radical (unpaired) electrons. The minimum Gasteiger partial charge on any atom is -0.434 e. The molecule has 30 heavy (non-hydrogen) atoms. The van der Waals surface area contributed by atoms with Crippen molar-refractivity contribution in [3.8, 4) is 17.1 Å². The maximum Gasteiger partial charge on any atom is 0.387 e. The number of hydrogen-bond acceptors (Lipinski definition) is 4. The topological polar surface area (TPSA) is 71.7 Å². The van der Waals surface area contributed by atoms with Gasteiger partial charge in [-0.3, -0.25) is 4.99 Å². The number of halogens is 3. The van der Waals surface area contributed by atoms with Crippen molar-refractivity contribution in [1.82, 2.24) is 15.8 Å². The quantitative estimate of drug-likeness (QED) is 0.264. The maximum atomic E-state index is 12.6. The van der Waals surface area contributed by atoms with E-state index < -0.39 is 6.61 Å². The molecule has 3 aromatic rings. The zero-order valence-electron chi connectivity index (χ0n) is 16.6. The molecule has 0 aliphatic carbocycles. The first-order valence-electron chi connectivity index (χ1n) is 9.05. The molecule has 1 aromatic heterocycles. The molecule has 0 saturated carbocycles. The maximum absolute atomic E-state index is 12.6. The van der Waals surface area contributed by atoms with E-state index >= 15 is 0 Å². The van der Waals surface area contributed by atoms with Gasteiger partial charge < -0.3 is 19.9 Å². The van der Waals surface area contributed by atoms with Gasteiger partial charge in [0.15, 0.2) is 11.7 Å². The third-order valence-corrected chi connectivity index (χ3v) is 4.16. The summed E-state index contributed by atoms with van der Waals surface area (Å²) in [6.07, 6.45) is 0. The lowest BCUT2D eigenvalue weighted by molar-refractivity contribution is -0.0504. The summed E-state index contributed by atoms with van der Waals surface area (Å²) >= 11 is 0. The van der Waals surface area contributed by atoms with Gasteiger partial charge in [-0.25, -0.2) is 0 Å². The fourth-order valence-corrected chi connectivity index (χ4v) is 2.76. The fraction of sp³-hybridized carbons (Fsp3) is 0.238. The molecule has 0 aliphatic rings. The lowest BCUT2D eigenvalue weighted by atomic mass is 10.1. The summed E-state index contributed by atoms with van der Waals surface area (Å²) < 4.78 is 35.2. The van der Waals surface area contributed by atoms with Crippen molar-refractivity contribution in [3.63, 3.8) is 0 Å². The van der Waals surface area contributed by atoms with Gasteiger partial charge in [0, 0.05) is 30.8 Å². The molecule has 1 heterocycles. The van der Waals surface area contributed by atoms with Crippen LogP contribution in [0, 0.1) is 6.92 Å². The summed E-state index contributed by atoms with van der Waals surface area (Å²) in [7, 11) is 1.63. The van der Waals surface area contributed by atoms with Crippen LogP contribution in [0.5, 0.6) is 5.75 Å². The van der Waals surface area contributed by atoms with E-state index in [0.29, 0.717) is 29.5 Å². The van der Waals surface area contributed by atoms with Gasteiger partial charge in [-0.2, -0.15) is 8.78 Å². The molecule has 0 saturated heterocycles. The Kier molecular flexibility index (Phi) is 9.03. The van der Waals surface area contributed by atoms with Gasteiger partial charge in [-0.05, 0) is 13.0 Å². The second-order valence-corrected chi connectivity index (χ2v) is 6.32. The van der Waals surface area contributed by atoms with Crippen molar-refractivity contribution in [3.05, 3.63) is 71.4 Å². The van der Waals surface area contributed by atoms with Gasteiger partial charge in [0.1, 0.15) is 11.4 Å². The van der Waals surface area contributed by atoms with Crippen molar-refractivity contribution in [2.24, 2.45) is 4.99 Å². The third-order valence-electron chi connectivity index (χ3n) is 4.16. The van der Waals surface area contributed by atoms with E-state index in [1.807, 2.05) is 43.3 Å². The van der Waals surface area contributed by atoms with E-state index in [4.69, 9.17) is 4.52 Å². The summed E-state index contributed by atoms with van der Waals surface area (Å²) in [6.45, 7) is -0.320. The Bertz CT molecular complexity index is 965. The molecule has 0 spiro atoms. The van der Waals surface area contributed by atoms with Gasteiger partial charge in [0.25, 0.3) is 0 Å². The van der Waals surface area contributed by atoms with E-state index in [-0.39, 0.29) is 36.3 Å². The van der Waals surface area contributed by atoms with Gasteiger partial charge in [-0.1, -0.05) is 53.2 Å². The molecule has 6 nitrogen and oxygen atoms in total. The summed E-state index contributed by atoms with van der Waals surface area (Å²) in [5, 5.41) is 10.3. The second-order valence-electron chi connectivity index (χ2n) is 6.32. The number of aromatic nitrogens is 1. The van der Waals surface area contributed by atoms with Crippen LogP contribution >= 0.6 is 24.0 Å². The van der Waals surface area contributed by atoms with Crippen LogP contribution in [-0.4, -0.2) is 24.8 Å². The molecule has 160 valence electrons. The predicted octanol–water partition coefficient (Wildman–Crippen LogP) is 4.73. The molecule has 3 rings (SSSR count). The highest BCUT2D eigenvalue weighted by atomic mass is 127. The lowest BCUT2D eigenvalue weighted by Crippen LogP contribution is -2.36. The van der Waals surface area contributed by atoms with Crippen LogP contribution in [0.25, 0.3) is 11.3 Å². The smallest absolute Gasteiger partial charge is 0.387 e. The predicted molar refractivity (Wildman–Crippen MR) is 122 cm³/mol. The Labute approximate surface area is 190 Å². The SMILES string of the molecule is CN=C(NCc1cc(-c2ccccc2)on1)NCc1cc(C)ccc1OC(F)F.I. The Morgan fingerprint density at radius 1 is 1.10 bits per heavy atom. The molecule has 0 atom stereocenters. The van der Waals surface area contributed by atoms with Crippen molar-refractivity contribution < 1.29 is 18.0 Å². The summed E-state index contributed by atoms with van der Waals surface area (Å²) in [6, 6.07) is 16.6. The van der Waals surface area contributed by atoms with Crippen molar-refractivity contribution in [2.75, 3.05) is 7.05 Å². The van der Waals surface area contributed by atoms with Crippen molar-refractivity contribution in [1.29, 1.82) is 0 Å². The van der Waals surface area contributed by atoms with Crippen molar-refractivity contribution in [2.45, 2.75) is 26.6 Å². The first-order chi connectivity index (χ1) is 14.0. The van der Waals surface area contributed by atoms with Crippen LogP contribution in [0.4, 0.5) is 8.78 Å². The highest BCUT2D eigenvalue weighted by Crippen LogP contribution is 2.22. The number of guanidine groups is 1. The molecule has 2 aromatic carbocycles. The zero-order chi connectivity index (χ0) is 20.6.